The molecule has 9 nitrogen and oxygen atoms in total. The third-order valence-corrected chi connectivity index (χ3v) is 6.07. The Hall–Kier alpha value is -3.24. The first-order valence-corrected chi connectivity index (χ1v) is 10.1. The molecule has 2 atom stereocenters. The van der Waals surface area contributed by atoms with Gasteiger partial charge in [-0.05, 0) is 17.7 Å². The average molecular weight is 440 g/mol. The number of H-pyrrole nitrogens is 1. The van der Waals surface area contributed by atoms with Crippen LogP contribution in [-0.4, -0.2) is 50.7 Å². The molecule has 0 aliphatic carbocycles. The fourth-order valence-corrected chi connectivity index (χ4v) is 4.33. The molecule has 1 saturated heterocycles. The van der Waals surface area contributed by atoms with E-state index in [-0.39, 0.29) is 24.0 Å². The summed E-state index contributed by atoms with van der Waals surface area (Å²) < 4.78 is 0. The number of piperazine rings is 1. The SMILES string of the molecule is O=C1[C@H]2Cc3c([nH]c4ccccc34)CN2C(=O)CN1/N=C/c1cc([NH+]([O-])O)ccc1Cl. The monoisotopic (exact) mass is 439 g/mol. The zero-order chi connectivity index (χ0) is 21.7. The maximum Gasteiger partial charge on any atom is 0.266 e. The van der Waals surface area contributed by atoms with E-state index in [0.717, 1.165) is 27.2 Å². The summed E-state index contributed by atoms with van der Waals surface area (Å²) in [5.41, 5.74) is 3.38. The Labute approximate surface area is 181 Å². The highest BCUT2D eigenvalue weighted by molar-refractivity contribution is 6.33. The van der Waals surface area contributed by atoms with Crippen molar-refractivity contribution in [1.82, 2.24) is 14.9 Å². The molecule has 1 fully saturated rings. The predicted octanol–water partition coefficient (Wildman–Crippen LogP) is 1.35. The van der Waals surface area contributed by atoms with E-state index in [1.54, 1.807) is 4.90 Å². The third kappa shape index (κ3) is 3.37. The van der Waals surface area contributed by atoms with Crippen molar-refractivity contribution in [3.63, 3.8) is 0 Å². The summed E-state index contributed by atoms with van der Waals surface area (Å²) >= 11 is 6.13. The summed E-state index contributed by atoms with van der Waals surface area (Å²) in [5, 5.41) is 25.9. The van der Waals surface area contributed by atoms with E-state index in [2.05, 4.69) is 10.1 Å². The van der Waals surface area contributed by atoms with E-state index in [9.17, 15) is 14.8 Å². The highest BCUT2D eigenvalue weighted by Crippen LogP contribution is 2.32. The van der Waals surface area contributed by atoms with Gasteiger partial charge in [-0.1, -0.05) is 29.8 Å². The summed E-state index contributed by atoms with van der Waals surface area (Å²) in [5.74, 6) is -0.478. The van der Waals surface area contributed by atoms with Gasteiger partial charge in [0, 0.05) is 45.7 Å². The van der Waals surface area contributed by atoms with Gasteiger partial charge in [-0.25, -0.2) is 10.2 Å². The van der Waals surface area contributed by atoms with Gasteiger partial charge >= 0.3 is 0 Å². The number of carbonyl (C=O) groups excluding carboxylic acids is 2. The molecule has 158 valence electrons. The number of nitrogens with one attached hydrogen (secondary N) is 2. The molecule has 31 heavy (non-hydrogen) atoms. The highest BCUT2D eigenvalue weighted by Gasteiger charge is 2.43. The fourth-order valence-electron chi connectivity index (χ4n) is 4.16. The quantitative estimate of drug-likeness (QED) is 0.422. The first kappa shape index (κ1) is 19.7. The number of amides is 2. The molecule has 0 spiro atoms. The van der Waals surface area contributed by atoms with Crippen LogP contribution in [0.15, 0.2) is 47.6 Å². The number of nitrogens with zero attached hydrogens (tertiary/aromatic N) is 3. The molecule has 5 rings (SSSR count). The standard InChI is InChI=1S/C21H18ClN5O4/c22-16-6-5-13(27(30)31)7-12(16)9-23-26-11-20(28)25-10-18-15(8-19(25)21(26)29)14-3-1-2-4-17(14)24-18/h1-7,9,19,24,27,30H,8,10-11H2/b23-9+/t19-/m1/s1. The molecule has 0 radical (unpaired) electrons. The molecule has 2 amide bonds. The number of rotatable bonds is 3. The molecule has 2 aromatic carbocycles. The van der Waals surface area contributed by atoms with Crippen LogP contribution in [-0.2, 0) is 22.6 Å². The average Bonchev–Trinajstić information content (AvgIpc) is 3.12. The van der Waals surface area contributed by atoms with Crippen LogP contribution in [0, 0.1) is 5.21 Å². The van der Waals surface area contributed by atoms with Crippen LogP contribution >= 0.6 is 11.6 Å². The minimum Gasteiger partial charge on any atom is -0.595 e. The molecular weight excluding hydrogens is 422 g/mol. The number of benzene rings is 2. The topological polar surface area (TPSA) is 117 Å². The number of quaternary nitrogens is 1. The van der Waals surface area contributed by atoms with Gasteiger partial charge in [0.1, 0.15) is 12.6 Å². The van der Waals surface area contributed by atoms with Crippen molar-refractivity contribution < 1.29 is 20.0 Å². The predicted molar refractivity (Wildman–Crippen MR) is 113 cm³/mol. The van der Waals surface area contributed by atoms with E-state index < -0.39 is 11.3 Å². The smallest absolute Gasteiger partial charge is 0.266 e. The number of aromatic nitrogens is 1. The number of para-hydroxylation sites is 1. The first-order valence-electron chi connectivity index (χ1n) is 9.68. The van der Waals surface area contributed by atoms with Crippen molar-refractivity contribution >= 4 is 46.2 Å². The summed E-state index contributed by atoms with van der Waals surface area (Å²) in [7, 11) is 0. The largest absolute Gasteiger partial charge is 0.595 e. The van der Waals surface area contributed by atoms with E-state index in [0.29, 0.717) is 23.6 Å². The van der Waals surface area contributed by atoms with Gasteiger partial charge in [0.25, 0.3) is 5.91 Å². The van der Waals surface area contributed by atoms with Gasteiger partial charge in [0.2, 0.25) is 5.91 Å². The second-order valence-electron chi connectivity index (χ2n) is 7.55. The van der Waals surface area contributed by atoms with Crippen molar-refractivity contribution in [3.05, 3.63) is 69.5 Å². The zero-order valence-corrected chi connectivity index (χ0v) is 17.0. The summed E-state index contributed by atoms with van der Waals surface area (Å²) in [6, 6.07) is 11.4. The van der Waals surface area contributed by atoms with E-state index >= 15 is 0 Å². The van der Waals surface area contributed by atoms with Crippen LogP contribution in [0.4, 0.5) is 5.69 Å². The lowest BCUT2D eigenvalue weighted by Crippen LogP contribution is -2.99. The van der Waals surface area contributed by atoms with Crippen LogP contribution in [0.2, 0.25) is 5.02 Å². The molecule has 2 aliphatic rings. The van der Waals surface area contributed by atoms with Crippen molar-refractivity contribution in [2.75, 3.05) is 6.54 Å². The number of hydrazone groups is 1. The van der Waals surface area contributed by atoms with Crippen LogP contribution in [0.3, 0.4) is 0 Å². The fraction of sp³-hybridized carbons (Fsp3) is 0.190. The van der Waals surface area contributed by atoms with Gasteiger partial charge < -0.3 is 15.1 Å². The zero-order valence-electron chi connectivity index (χ0n) is 16.2. The Balaban J connectivity index is 1.43. The maximum absolute atomic E-state index is 13.1. The summed E-state index contributed by atoms with van der Waals surface area (Å²) in [6.45, 7) is 0.168. The lowest BCUT2D eigenvalue weighted by atomic mass is 9.94. The van der Waals surface area contributed by atoms with E-state index in [1.165, 1.54) is 24.4 Å². The van der Waals surface area contributed by atoms with Crippen LogP contribution in [0.1, 0.15) is 16.8 Å². The van der Waals surface area contributed by atoms with Crippen molar-refractivity contribution in [2.24, 2.45) is 5.10 Å². The van der Waals surface area contributed by atoms with Crippen molar-refractivity contribution in [1.29, 1.82) is 0 Å². The Morgan fingerprint density at radius 1 is 1.23 bits per heavy atom. The van der Waals surface area contributed by atoms with Gasteiger partial charge in [-0.15, -0.1) is 0 Å². The number of halogens is 1. The number of aromatic amines is 1. The third-order valence-electron chi connectivity index (χ3n) is 5.73. The highest BCUT2D eigenvalue weighted by atomic mass is 35.5. The minimum atomic E-state index is -1.09. The molecule has 0 saturated carbocycles. The Morgan fingerprint density at radius 2 is 2.03 bits per heavy atom. The lowest BCUT2D eigenvalue weighted by molar-refractivity contribution is -0.991. The molecule has 3 N–H and O–H groups in total. The number of hydrogen-bond donors (Lipinski definition) is 3. The van der Waals surface area contributed by atoms with Gasteiger partial charge in [0.15, 0.2) is 5.69 Å². The summed E-state index contributed by atoms with van der Waals surface area (Å²) in [4.78, 5) is 30.8. The van der Waals surface area contributed by atoms with Crippen LogP contribution in [0.5, 0.6) is 0 Å². The Kier molecular flexibility index (Phi) is 4.75. The second-order valence-corrected chi connectivity index (χ2v) is 7.96. The molecule has 1 unspecified atom stereocenters. The molecule has 3 heterocycles. The lowest BCUT2D eigenvalue weighted by Gasteiger charge is -2.40. The van der Waals surface area contributed by atoms with Crippen molar-refractivity contribution in [3.8, 4) is 0 Å². The molecular formula is C21H18ClN5O4. The normalized spacial score (nSPS) is 19.8. The van der Waals surface area contributed by atoms with Crippen LogP contribution < -0.4 is 5.23 Å². The Bertz CT molecular complexity index is 1240. The van der Waals surface area contributed by atoms with Gasteiger partial charge in [-0.2, -0.15) is 10.3 Å². The number of carbonyl (C=O) groups is 2. The first-order chi connectivity index (χ1) is 14.9. The van der Waals surface area contributed by atoms with Gasteiger partial charge in [0.05, 0.1) is 12.8 Å². The molecule has 1 aromatic heterocycles. The maximum atomic E-state index is 13.1. The second kappa shape index (κ2) is 7.47. The van der Waals surface area contributed by atoms with E-state index in [1.807, 2.05) is 24.3 Å². The molecule has 2 aliphatic heterocycles. The van der Waals surface area contributed by atoms with Crippen molar-refractivity contribution in [2.45, 2.75) is 19.0 Å². The molecule has 3 aromatic rings. The van der Waals surface area contributed by atoms with E-state index in [4.69, 9.17) is 16.8 Å². The van der Waals surface area contributed by atoms with Gasteiger partial charge in [-0.3, -0.25) is 9.59 Å². The summed E-state index contributed by atoms with van der Waals surface area (Å²) in [6.07, 6.45) is 1.72. The number of fused-ring (bicyclic) bond motifs is 4. The van der Waals surface area contributed by atoms with Crippen LogP contribution in [0.25, 0.3) is 10.9 Å². The number of hydrogen-bond acceptors (Lipinski definition) is 5. The Morgan fingerprint density at radius 3 is 2.84 bits per heavy atom. The molecule has 0 bridgehead atoms. The molecule has 10 heteroatoms. The minimum absolute atomic E-state index is 0.0530.